The zero-order chi connectivity index (χ0) is 40.3. The van der Waals surface area contributed by atoms with Crippen molar-refractivity contribution in [3.8, 4) is 61.8 Å². The minimum Gasteiger partial charge on any atom is -0.309 e. The number of benzene rings is 10. The van der Waals surface area contributed by atoms with Crippen molar-refractivity contribution in [2.45, 2.75) is 0 Å². The Labute approximate surface area is 353 Å². The summed E-state index contributed by atoms with van der Waals surface area (Å²) < 4.78 is 2.36. The Morgan fingerprint density at radius 3 is 1.64 bits per heavy atom. The number of hydrogen-bond acceptors (Lipinski definition) is 2. The van der Waals surface area contributed by atoms with Crippen LogP contribution in [0.2, 0.25) is 0 Å². The summed E-state index contributed by atoms with van der Waals surface area (Å²) in [7, 11) is 0. The number of fused-ring (bicyclic) bond motifs is 7. The minimum absolute atomic E-state index is 0.695. The average molecular weight is 776 g/mol. The molecule has 0 bridgehead atoms. The van der Waals surface area contributed by atoms with E-state index in [0.717, 1.165) is 50.5 Å². The van der Waals surface area contributed by atoms with Crippen molar-refractivity contribution >= 4 is 54.1 Å². The third-order valence-electron chi connectivity index (χ3n) is 12.2. The molecular formula is C58H37N3. The lowest BCUT2D eigenvalue weighted by molar-refractivity contribution is 1.18. The van der Waals surface area contributed by atoms with Crippen molar-refractivity contribution < 1.29 is 0 Å². The third kappa shape index (κ3) is 5.98. The molecule has 0 radical (unpaired) electrons. The van der Waals surface area contributed by atoms with Crippen molar-refractivity contribution in [3.63, 3.8) is 0 Å². The van der Waals surface area contributed by atoms with Gasteiger partial charge in [-0.3, -0.25) is 0 Å². The molecule has 0 N–H and O–H groups in total. The monoisotopic (exact) mass is 775 g/mol. The number of rotatable bonds is 6. The van der Waals surface area contributed by atoms with E-state index in [4.69, 9.17) is 9.97 Å². The Hall–Kier alpha value is -8.14. The Kier molecular flexibility index (Phi) is 8.17. The first kappa shape index (κ1) is 34.9. The fourth-order valence-electron chi connectivity index (χ4n) is 9.29. The number of nitrogens with zero attached hydrogens (tertiary/aromatic N) is 3. The molecule has 10 aromatic carbocycles. The van der Waals surface area contributed by atoms with Crippen molar-refractivity contribution in [3.05, 3.63) is 224 Å². The molecule has 284 valence electrons. The lowest BCUT2D eigenvalue weighted by atomic mass is 9.89. The Bertz CT molecular complexity index is 3640. The average Bonchev–Trinajstić information content (AvgIpc) is 3.67. The molecule has 0 atom stereocenters. The van der Waals surface area contributed by atoms with Crippen LogP contribution in [0.15, 0.2) is 224 Å². The minimum atomic E-state index is 0.695. The molecule has 0 unspecified atom stereocenters. The second kappa shape index (κ2) is 14.3. The van der Waals surface area contributed by atoms with Crippen LogP contribution in [-0.2, 0) is 0 Å². The highest BCUT2D eigenvalue weighted by Gasteiger charge is 2.17. The predicted octanol–water partition coefficient (Wildman–Crippen LogP) is 15.4. The van der Waals surface area contributed by atoms with Crippen LogP contribution in [0.3, 0.4) is 0 Å². The molecule has 0 aliphatic heterocycles. The quantitative estimate of drug-likeness (QED) is 0.124. The Balaban J connectivity index is 1.00. The molecule has 2 heterocycles. The van der Waals surface area contributed by atoms with Crippen molar-refractivity contribution in [1.29, 1.82) is 0 Å². The van der Waals surface area contributed by atoms with Gasteiger partial charge in [-0.05, 0) is 109 Å². The molecule has 0 aliphatic carbocycles. The molecule has 0 spiro atoms. The van der Waals surface area contributed by atoms with Gasteiger partial charge in [0.25, 0.3) is 0 Å². The van der Waals surface area contributed by atoms with Crippen molar-refractivity contribution in [2.75, 3.05) is 0 Å². The van der Waals surface area contributed by atoms with Gasteiger partial charge in [0, 0.05) is 33.2 Å². The van der Waals surface area contributed by atoms with Gasteiger partial charge in [0.2, 0.25) is 0 Å². The molecule has 0 amide bonds. The van der Waals surface area contributed by atoms with E-state index in [1.807, 2.05) is 18.2 Å². The zero-order valence-corrected chi connectivity index (χ0v) is 33.2. The zero-order valence-electron chi connectivity index (χ0n) is 33.2. The van der Waals surface area contributed by atoms with E-state index in [9.17, 15) is 0 Å². The van der Waals surface area contributed by atoms with E-state index in [-0.39, 0.29) is 0 Å². The Morgan fingerprint density at radius 2 is 0.852 bits per heavy atom. The van der Waals surface area contributed by atoms with Gasteiger partial charge in [-0.1, -0.05) is 170 Å². The maximum absolute atomic E-state index is 5.26. The van der Waals surface area contributed by atoms with Crippen LogP contribution >= 0.6 is 0 Å². The van der Waals surface area contributed by atoms with E-state index in [0.29, 0.717) is 5.82 Å². The summed E-state index contributed by atoms with van der Waals surface area (Å²) in [6.45, 7) is 0. The predicted molar refractivity (Wildman–Crippen MR) is 256 cm³/mol. The molecule has 3 nitrogen and oxygen atoms in total. The van der Waals surface area contributed by atoms with Crippen LogP contribution in [0.25, 0.3) is 116 Å². The van der Waals surface area contributed by atoms with Crippen LogP contribution in [0.1, 0.15) is 0 Å². The fraction of sp³-hybridized carbons (Fsp3) is 0. The van der Waals surface area contributed by atoms with Gasteiger partial charge in [0.15, 0.2) is 5.82 Å². The van der Waals surface area contributed by atoms with Gasteiger partial charge in [-0.25, -0.2) is 9.97 Å². The summed E-state index contributed by atoms with van der Waals surface area (Å²) in [6.07, 6.45) is 0. The summed E-state index contributed by atoms with van der Waals surface area (Å²) in [4.78, 5) is 10.5. The van der Waals surface area contributed by atoms with Crippen molar-refractivity contribution in [1.82, 2.24) is 14.5 Å². The maximum atomic E-state index is 5.26. The van der Waals surface area contributed by atoms with Crippen LogP contribution in [0, 0.1) is 0 Å². The topological polar surface area (TPSA) is 30.7 Å². The molecule has 2 aromatic heterocycles. The summed E-state index contributed by atoms with van der Waals surface area (Å²) >= 11 is 0. The second-order valence-electron chi connectivity index (χ2n) is 15.8. The summed E-state index contributed by atoms with van der Waals surface area (Å²) in [5.41, 5.74) is 13.0. The molecule has 0 saturated carbocycles. The van der Waals surface area contributed by atoms with Crippen molar-refractivity contribution in [2.24, 2.45) is 0 Å². The SMILES string of the molecule is c1ccc(-c2nc(-c3cccc(-c4ccc5c(c4)c4ccccc4n5-c4ccccc4)c3)cc(-c3cccc(-c4c5ccccc5cc5c4ccc4ccccc45)c3)n2)cc1. The normalized spacial score (nSPS) is 11.6. The van der Waals surface area contributed by atoms with E-state index in [1.165, 1.54) is 59.7 Å². The van der Waals surface area contributed by atoms with Gasteiger partial charge in [-0.2, -0.15) is 0 Å². The lowest BCUT2D eigenvalue weighted by Crippen LogP contribution is -1.96. The van der Waals surface area contributed by atoms with E-state index in [1.54, 1.807) is 0 Å². The van der Waals surface area contributed by atoms with Gasteiger partial charge in [0.1, 0.15) is 0 Å². The first-order chi connectivity index (χ1) is 30.2. The summed E-state index contributed by atoms with van der Waals surface area (Å²) in [5, 5.41) is 9.92. The molecule has 0 fully saturated rings. The van der Waals surface area contributed by atoms with Gasteiger partial charge in [-0.15, -0.1) is 0 Å². The van der Waals surface area contributed by atoms with E-state index < -0.39 is 0 Å². The summed E-state index contributed by atoms with van der Waals surface area (Å²) in [6, 6.07) is 80.5. The highest BCUT2D eigenvalue weighted by atomic mass is 15.0. The van der Waals surface area contributed by atoms with Crippen LogP contribution in [0.5, 0.6) is 0 Å². The maximum Gasteiger partial charge on any atom is 0.160 e. The fourth-order valence-corrected chi connectivity index (χ4v) is 9.29. The largest absolute Gasteiger partial charge is 0.309 e. The van der Waals surface area contributed by atoms with Crippen LogP contribution in [-0.4, -0.2) is 14.5 Å². The van der Waals surface area contributed by atoms with Gasteiger partial charge < -0.3 is 4.57 Å². The molecule has 0 saturated heterocycles. The first-order valence-electron chi connectivity index (χ1n) is 20.8. The standard InChI is InChI=1S/C58H37N3/c1-3-16-39(17-4-1)58-59-53(43-20-13-19-40(33-43)41-30-32-56-52(35-41)49-27-11-12-28-55(49)61(56)46-23-5-2-6-24-46)37-54(60-58)44-21-14-22-45(34-44)57-48-26-10-8-18-42(48)36-51-47-25-9-7-15-38(47)29-31-50(51)57/h1-37H. The highest BCUT2D eigenvalue weighted by Crippen LogP contribution is 2.41. The second-order valence-corrected chi connectivity index (χ2v) is 15.8. The molecular weight excluding hydrogens is 739 g/mol. The molecule has 12 rings (SSSR count). The van der Waals surface area contributed by atoms with Crippen LogP contribution in [0.4, 0.5) is 0 Å². The number of hydrogen-bond donors (Lipinski definition) is 0. The first-order valence-corrected chi connectivity index (χ1v) is 20.8. The van der Waals surface area contributed by atoms with E-state index >= 15 is 0 Å². The smallest absolute Gasteiger partial charge is 0.160 e. The van der Waals surface area contributed by atoms with E-state index in [2.05, 4.69) is 211 Å². The molecule has 12 aromatic rings. The highest BCUT2D eigenvalue weighted by molar-refractivity contribution is 6.20. The molecule has 61 heavy (non-hydrogen) atoms. The van der Waals surface area contributed by atoms with Crippen LogP contribution < -0.4 is 0 Å². The molecule has 0 aliphatic rings. The summed E-state index contributed by atoms with van der Waals surface area (Å²) in [5.74, 6) is 0.695. The van der Waals surface area contributed by atoms with Gasteiger partial charge in [0.05, 0.1) is 22.4 Å². The molecule has 3 heteroatoms. The lowest BCUT2D eigenvalue weighted by Gasteiger charge is -2.15. The van der Waals surface area contributed by atoms with Gasteiger partial charge >= 0.3 is 0 Å². The number of para-hydroxylation sites is 2. The third-order valence-corrected chi connectivity index (χ3v) is 12.2. The number of aromatic nitrogens is 3. The Morgan fingerprint density at radius 1 is 0.279 bits per heavy atom.